The molecule has 3 heteroatoms. The lowest BCUT2D eigenvalue weighted by molar-refractivity contribution is 0.152. The molecule has 0 radical (unpaired) electrons. The van der Waals surface area contributed by atoms with Crippen molar-refractivity contribution in [2.24, 2.45) is 0 Å². The van der Waals surface area contributed by atoms with Crippen molar-refractivity contribution in [3.05, 3.63) is 36.4 Å². The van der Waals surface area contributed by atoms with Gasteiger partial charge in [-0.1, -0.05) is 36.4 Å². The van der Waals surface area contributed by atoms with Gasteiger partial charge in [0.15, 0.2) is 0 Å². The van der Waals surface area contributed by atoms with E-state index in [4.69, 9.17) is 4.43 Å². The lowest BCUT2D eigenvalue weighted by Gasteiger charge is -1.92. The van der Waals surface area contributed by atoms with E-state index in [0.29, 0.717) is 0 Å². The van der Waals surface area contributed by atoms with Crippen LogP contribution in [0.15, 0.2) is 36.4 Å². The molecule has 0 atom stereocenters. The Morgan fingerprint density at radius 2 is 1.33 bits per heavy atom. The van der Waals surface area contributed by atoms with Crippen LogP contribution in [0.5, 0.6) is 0 Å². The molecule has 1 rings (SSSR count). The average molecular weight is 184 g/mol. The van der Waals surface area contributed by atoms with Crippen molar-refractivity contribution in [3.63, 3.8) is 0 Å². The Morgan fingerprint density at radius 1 is 0.917 bits per heavy atom. The summed E-state index contributed by atoms with van der Waals surface area (Å²) in [5.74, 6) is 0. The minimum Gasteiger partial charge on any atom is -0.426 e. The highest BCUT2D eigenvalue weighted by Gasteiger charge is 1.73. The number of benzene rings is 1. The Bertz CT molecular complexity index is 125. The summed E-state index contributed by atoms with van der Waals surface area (Å²) in [6.45, 7) is 1.48. The number of hydrogen-bond donors (Lipinski definition) is 0. The standard InChI is InChI=1S/C6H6.C3H10O2Si/c1-2-4-6-5-3-1;1-4-2-3-5-6/h1-6H;2-3H2,1,6H3. The lowest BCUT2D eigenvalue weighted by atomic mass is 10.4. The van der Waals surface area contributed by atoms with E-state index in [1.807, 2.05) is 36.4 Å². The summed E-state index contributed by atoms with van der Waals surface area (Å²) in [6, 6.07) is 12.0. The van der Waals surface area contributed by atoms with Gasteiger partial charge in [0.1, 0.15) is 10.5 Å². The summed E-state index contributed by atoms with van der Waals surface area (Å²) < 4.78 is 9.48. The first-order valence-corrected chi connectivity index (χ1v) is 4.71. The van der Waals surface area contributed by atoms with Gasteiger partial charge in [-0.2, -0.15) is 0 Å². The molecule has 2 nitrogen and oxygen atoms in total. The molecule has 0 N–H and O–H groups in total. The van der Waals surface area contributed by atoms with Gasteiger partial charge in [-0.05, 0) is 0 Å². The van der Waals surface area contributed by atoms with Crippen LogP contribution in [-0.4, -0.2) is 30.8 Å². The molecule has 0 heterocycles. The SMILES string of the molecule is COCCO[SiH3].c1ccccc1. The molecule has 0 aliphatic rings. The maximum atomic E-state index is 4.80. The fourth-order valence-corrected chi connectivity index (χ4v) is 0.718. The highest BCUT2D eigenvalue weighted by atomic mass is 28.2. The average Bonchev–Trinajstić information content (AvgIpc) is 2.18. The lowest BCUT2D eigenvalue weighted by Crippen LogP contribution is -1.97. The summed E-state index contributed by atoms with van der Waals surface area (Å²) in [5.41, 5.74) is 0. The van der Waals surface area contributed by atoms with Crippen LogP contribution in [-0.2, 0) is 9.16 Å². The molecule has 0 aromatic heterocycles. The van der Waals surface area contributed by atoms with Gasteiger partial charge in [0.2, 0.25) is 0 Å². The molecule has 0 aliphatic heterocycles. The topological polar surface area (TPSA) is 18.5 Å². The Balaban J connectivity index is 0.000000202. The fraction of sp³-hybridized carbons (Fsp3) is 0.333. The molecule has 1 aromatic rings. The molecular weight excluding hydrogens is 168 g/mol. The minimum absolute atomic E-state index is 0.726. The molecule has 0 fully saturated rings. The summed E-state index contributed by atoms with van der Waals surface area (Å²) in [4.78, 5) is 0. The highest BCUT2D eigenvalue weighted by molar-refractivity contribution is 5.97. The van der Waals surface area contributed by atoms with E-state index in [1.165, 1.54) is 0 Å². The number of hydrogen-bond acceptors (Lipinski definition) is 2. The molecule has 68 valence electrons. The highest BCUT2D eigenvalue weighted by Crippen LogP contribution is 1.79. The predicted molar refractivity (Wildman–Crippen MR) is 54.2 cm³/mol. The fourth-order valence-electron chi connectivity index (χ4n) is 0.552. The second-order valence-corrected chi connectivity index (χ2v) is 2.72. The summed E-state index contributed by atoms with van der Waals surface area (Å²) in [7, 11) is 2.49. The van der Waals surface area contributed by atoms with Crippen LogP contribution in [0, 0.1) is 0 Å². The molecule has 0 amide bonds. The number of methoxy groups -OCH3 is 1. The maximum absolute atomic E-state index is 4.80. The van der Waals surface area contributed by atoms with Crippen molar-refractivity contribution in [2.75, 3.05) is 20.3 Å². The van der Waals surface area contributed by atoms with Crippen LogP contribution in [0.4, 0.5) is 0 Å². The molecule has 1 aromatic carbocycles. The van der Waals surface area contributed by atoms with Crippen LogP contribution in [0.25, 0.3) is 0 Å². The molecule has 0 aliphatic carbocycles. The molecule has 0 unspecified atom stereocenters. The third-order valence-corrected chi connectivity index (χ3v) is 1.57. The first-order valence-electron chi connectivity index (χ1n) is 3.89. The monoisotopic (exact) mass is 184 g/mol. The summed E-state index contributed by atoms with van der Waals surface area (Å²) >= 11 is 0. The first-order chi connectivity index (χ1) is 5.91. The Labute approximate surface area is 77.1 Å². The van der Waals surface area contributed by atoms with E-state index >= 15 is 0 Å². The zero-order chi connectivity index (χ0) is 9.07. The summed E-state index contributed by atoms with van der Waals surface area (Å²) in [6.07, 6.45) is 0. The quantitative estimate of drug-likeness (QED) is 0.506. The van der Waals surface area contributed by atoms with Gasteiger partial charge in [0, 0.05) is 7.11 Å². The normalized spacial score (nSPS) is 8.75. The zero-order valence-corrected chi connectivity index (χ0v) is 9.69. The van der Waals surface area contributed by atoms with Gasteiger partial charge < -0.3 is 9.16 Å². The van der Waals surface area contributed by atoms with E-state index in [2.05, 4.69) is 4.74 Å². The van der Waals surface area contributed by atoms with Gasteiger partial charge >= 0.3 is 0 Å². The number of ether oxygens (including phenoxy) is 1. The van der Waals surface area contributed by atoms with Crippen molar-refractivity contribution in [2.45, 2.75) is 0 Å². The predicted octanol–water partition coefficient (Wildman–Crippen LogP) is 0.616. The summed E-state index contributed by atoms with van der Waals surface area (Å²) in [5, 5.41) is 0. The molecule has 0 bridgehead atoms. The maximum Gasteiger partial charge on any atom is 0.146 e. The first kappa shape index (κ1) is 11.4. The van der Waals surface area contributed by atoms with Crippen LogP contribution < -0.4 is 0 Å². The van der Waals surface area contributed by atoms with Crippen LogP contribution in [0.3, 0.4) is 0 Å². The van der Waals surface area contributed by atoms with Gasteiger partial charge in [0.25, 0.3) is 0 Å². The largest absolute Gasteiger partial charge is 0.426 e. The second-order valence-electron chi connectivity index (χ2n) is 2.14. The molecule has 12 heavy (non-hydrogen) atoms. The van der Waals surface area contributed by atoms with Gasteiger partial charge in [0.05, 0.1) is 13.2 Å². The van der Waals surface area contributed by atoms with E-state index in [0.717, 1.165) is 23.7 Å². The Kier molecular flexibility index (Phi) is 9.80. The molecular formula is C9H16O2Si. The zero-order valence-electron chi connectivity index (χ0n) is 7.69. The van der Waals surface area contributed by atoms with Crippen LogP contribution in [0.1, 0.15) is 0 Å². The van der Waals surface area contributed by atoms with E-state index in [-0.39, 0.29) is 0 Å². The van der Waals surface area contributed by atoms with Crippen LogP contribution in [0.2, 0.25) is 0 Å². The van der Waals surface area contributed by atoms with Gasteiger partial charge in [-0.15, -0.1) is 0 Å². The van der Waals surface area contributed by atoms with E-state index < -0.39 is 0 Å². The van der Waals surface area contributed by atoms with Crippen molar-refractivity contribution in [3.8, 4) is 0 Å². The van der Waals surface area contributed by atoms with Crippen LogP contribution >= 0.6 is 0 Å². The Hall–Kier alpha value is -0.643. The van der Waals surface area contributed by atoms with Gasteiger partial charge in [-0.3, -0.25) is 0 Å². The Morgan fingerprint density at radius 3 is 1.50 bits per heavy atom. The van der Waals surface area contributed by atoms with Crippen molar-refractivity contribution < 1.29 is 9.16 Å². The van der Waals surface area contributed by atoms with Gasteiger partial charge in [-0.25, -0.2) is 0 Å². The molecule has 0 saturated carbocycles. The van der Waals surface area contributed by atoms with Crippen molar-refractivity contribution in [1.29, 1.82) is 0 Å². The third-order valence-electron chi connectivity index (χ3n) is 1.16. The molecule has 0 spiro atoms. The third kappa shape index (κ3) is 9.36. The smallest absolute Gasteiger partial charge is 0.146 e. The molecule has 0 saturated heterocycles. The number of rotatable bonds is 3. The van der Waals surface area contributed by atoms with Crippen molar-refractivity contribution >= 4 is 10.5 Å². The van der Waals surface area contributed by atoms with E-state index in [1.54, 1.807) is 7.11 Å². The van der Waals surface area contributed by atoms with E-state index in [9.17, 15) is 0 Å². The second kappa shape index (κ2) is 10.4. The van der Waals surface area contributed by atoms with Crippen molar-refractivity contribution in [1.82, 2.24) is 0 Å². The minimum atomic E-state index is 0.726.